The van der Waals surface area contributed by atoms with Gasteiger partial charge in [-0.25, -0.2) is 8.42 Å². The van der Waals surface area contributed by atoms with E-state index in [1.165, 1.54) is 0 Å². The van der Waals surface area contributed by atoms with E-state index in [2.05, 4.69) is 0 Å². The van der Waals surface area contributed by atoms with E-state index in [-0.39, 0.29) is 16.9 Å². The van der Waals surface area contributed by atoms with E-state index in [9.17, 15) is 8.42 Å². The molecule has 0 saturated carbocycles. The maximum absolute atomic E-state index is 11.5. The maximum Gasteiger partial charge on any atom is 0.153 e. The van der Waals surface area contributed by atoms with E-state index in [0.717, 1.165) is 0 Å². The molecule has 0 heterocycles. The molecule has 0 spiro atoms. The van der Waals surface area contributed by atoms with Crippen molar-refractivity contribution in [3.05, 3.63) is 0 Å². The molecule has 0 rings (SSSR count). The van der Waals surface area contributed by atoms with Crippen molar-refractivity contribution in [1.82, 2.24) is 0 Å². The summed E-state index contributed by atoms with van der Waals surface area (Å²) in [4.78, 5) is 0. The first-order valence-corrected chi connectivity index (χ1v) is 6.07. The molecule has 0 amide bonds. The molecule has 0 aliphatic carbocycles. The van der Waals surface area contributed by atoms with Crippen LogP contribution in [0.5, 0.6) is 0 Å². The summed E-state index contributed by atoms with van der Waals surface area (Å²) in [7, 11) is -2.90. The minimum atomic E-state index is -2.90. The van der Waals surface area contributed by atoms with Crippen LogP contribution in [0.25, 0.3) is 0 Å². The van der Waals surface area contributed by atoms with Crippen molar-refractivity contribution in [2.75, 3.05) is 12.3 Å². The van der Waals surface area contributed by atoms with Crippen molar-refractivity contribution in [1.29, 1.82) is 0 Å². The second-order valence-electron chi connectivity index (χ2n) is 3.39. The molecule has 2 atom stereocenters. The highest BCUT2D eigenvalue weighted by Gasteiger charge is 2.20. The van der Waals surface area contributed by atoms with Crippen molar-refractivity contribution in [3.63, 3.8) is 0 Å². The fourth-order valence-corrected chi connectivity index (χ4v) is 2.65. The second-order valence-corrected chi connectivity index (χ2v) is 5.85. The molecule has 2 N–H and O–H groups in total. The van der Waals surface area contributed by atoms with Crippen molar-refractivity contribution in [3.8, 4) is 0 Å². The second kappa shape index (κ2) is 4.82. The van der Waals surface area contributed by atoms with Gasteiger partial charge >= 0.3 is 0 Å². The number of nitrogens with two attached hydrogens (primary N) is 1. The molecular formula is C8H19NO2S. The Hall–Kier alpha value is -0.0900. The molecule has 0 aromatic heterocycles. The first-order chi connectivity index (χ1) is 5.44. The van der Waals surface area contributed by atoms with Crippen molar-refractivity contribution in [2.45, 2.75) is 32.4 Å². The van der Waals surface area contributed by atoms with Gasteiger partial charge in [0.05, 0.1) is 11.0 Å². The molecule has 0 aliphatic rings. The van der Waals surface area contributed by atoms with Crippen LogP contribution < -0.4 is 5.73 Å². The molecule has 0 radical (unpaired) electrons. The lowest BCUT2D eigenvalue weighted by Gasteiger charge is -2.13. The van der Waals surface area contributed by atoms with E-state index in [1.54, 1.807) is 6.92 Å². The first-order valence-electron chi connectivity index (χ1n) is 4.35. The topological polar surface area (TPSA) is 60.2 Å². The van der Waals surface area contributed by atoms with Gasteiger partial charge in [0.1, 0.15) is 0 Å². The van der Waals surface area contributed by atoms with Crippen LogP contribution in [-0.2, 0) is 9.84 Å². The number of hydrogen-bond donors (Lipinski definition) is 1. The van der Waals surface area contributed by atoms with Gasteiger partial charge in [-0.15, -0.1) is 0 Å². The molecule has 12 heavy (non-hydrogen) atoms. The molecule has 0 bridgehead atoms. The molecule has 0 aromatic carbocycles. The monoisotopic (exact) mass is 193 g/mol. The predicted octanol–water partition coefficient (Wildman–Crippen LogP) is 0.794. The average Bonchev–Trinajstić information content (AvgIpc) is 2.02. The fraction of sp³-hybridized carbons (Fsp3) is 1.00. The summed E-state index contributed by atoms with van der Waals surface area (Å²) in [5.74, 6) is 0.294. The smallest absolute Gasteiger partial charge is 0.153 e. The Labute approximate surface area is 75.3 Å². The molecule has 2 unspecified atom stereocenters. The normalized spacial score (nSPS) is 17.3. The van der Waals surface area contributed by atoms with Crippen molar-refractivity contribution < 1.29 is 8.42 Å². The summed E-state index contributed by atoms with van der Waals surface area (Å²) < 4.78 is 23.0. The van der Waals surface area contributed by atoms with Crippen LogP contribution in [-0.4, -0.2) is 26.0 Å². The number of sulfone groups is 1. The van der Waals surface area contributed by atoms with Gasteiger partial charge in [-0.3, -0.25) is 0 Å². The van der Waals surface area contributed by atoms with Crippen LogP contribution in [0.2, 0.25) is 0 Å². The minimum absolute atomic E-state index is 0.0731. The Morgan fingerprint density at radius 1 is 1.33 bits per heavy atom. The van der Waals surface area contributed by atoms with Gasteiger partial charge in [-0.05, 0) is 25.8 Å². The largest absolute Gasteiger partial charge is 0.330 e. The predicted molar refractivity (Wildman–Crippen MR) is 51.8 cm³/mol. The van der Waals surface area contributed by atoms with E-state index in [0.29, 0.717) is 13.0 Å². The Morgan fingerprint density at radius 2 is 1.83 bits per heavy atom. The summed E-state index contributed by atoms with van der Waals surface area (Å²) in [6, 6.07) is 0. The van der Waals surface area contributed by atoms with Crippen LogP contribution in [0.4, 0.5) is 0 Å². The summed E-state index contributed by atoms with van der Waals surface area (Å²) in [5, 5.41) is -0.230. The first kappa shape index (κ1) is 11.9. The zero-order chi connectivity index (χ0) is 9.78. The van der Waals surface area contributed by atoms with Crippen LogP contribution in [0.15, 0.2) is 0 Å². The number of hydrogen-bond acceptors (Lipinski definition) is 3. The Kier molecular flexibility index (Phi) is 4.78. The zero-order valence-electron chi connectivity index (χ0n) is 8.08. The zero-order valence-corrected chi connectivity index (χ0v) is 8.89. The standard InChI is InChI=1S/C8H19NO2S/c1-4-8(3)12(10,11)6-7(2)5-9/h7-8H,4-6,9H2,1-3H3. The van der Waals surface area contributed by atoms with Gasteiger partial charge in [-0.1, -0.05) is 13.8 Å². The van der Waals surface area contributed by atoms with E-state index in [1.807, 2.05) is 13.8 Å². The van der Waals surface area contributed by atoms with Gasteiger partial charge in [-0.2, -0.15) is 0 Å². The summed E-state index contributed by atoms with van der Waals surface area (Å²) >= 11 is 0. The summed E-state index contributed by atoms with van der Waals surface area (Å²) in [6.45, 7) is 5.93. The van der Waals surface area contributed by atoms with Crippen LogP contribution in [0, 0.1) is 5.92 Å². The molecule has 74 valence electrons. The summed E-state index contributed by atoms with van der Waals surface area (Å²) in [6.07, 6.45) is 0.680. The van der Waals surface area contributed by atoms with E-state index >= 15 is 0 Å². The Bertz CT molecular complexity index is 211. The SMILES string of the molecule is CCC(C)S(=O)(=O)CC(C)CN. The van der Waals surface area contributed by atoms with E-state index in [4.69, 9.17) is 5.73 Å². The van der Waals surface area contributed by atoms with Crippen LogP contribution >= 0.6 is 0 Å². The molecule has 4 heteroatoms. The lowest BCUT2D eigenvalue weighted by Crippen LogP contribution is -2.27. The Morgan fingerprint density at radius 3 is 2.17 bits per heavy atom. The van der Waals surface area contributed by atoms with Crippen LogP contribution in [0.1, 0.15) is 27.2 Å². The quantitative estimate of drug-likeness (QED) is 0.702. The number of rotatable bonds is 5. The third kappa shape index (κ3) is 3.54. The minimum Gasteiger partial charge on any atom is -0.330 e. The van der Waals surface area contributed by atoms with Gasteiger partial charge < -0.3 is 5.73 Å². The van der Waals surface area contributed by atoms with Gasteiger partial charge in [0.25, 0.3) is 0 Å². The van der Waals surface area contributed by atoms with Gasteiger partial charge in [0.15, 0.2) is 9.84 Å². The molecule has 0 aliphatic heterocycles. The third-order valence-corrected chi connectivity index (χ3v) is 4.70. The molecule has 0 aromatic rings. The molecule has 0 saturated heterocycles. The van der Waals surface area contributed by atoms with Crippen molar-refractivity contribution >= 4 is 9.84 Å². The average molecular weight is 193 g/mol. The van der Waals surface area contributed by atoms with Crippen molar-refractivity contribution in [2.24, 2.45) is 11.7 Å². The Balaban J connectivity index is 4.23. The molecule has 3 nitrogen and oxygen atoms in total. The molecule has 0 fully saturated rings. The fourth-order valence-electron chi connectivity index (χ4n) is 0.883. The summed E-state index contributed by atoms with van der Waals surface area (Å²) in [5.41, 5.74) is 5.36. The highest BCUT2D eigenvalue weighted by molar-refractivity contribution is 7.92. The lowest BCUT2D eigenvalue weighted by atomic mass is 10.2. The maximum atomic E-state index is 11.5. The van der Waals surface area contributed by atoms with Crippen LogP contribution in [0.3, 0.4) is 0 Å². The third-order valence-electron chi connectivity index (χ3n) is 2.11. The van der Waals surface area contributed by atoms with Gasteiger partial charge in [0, 0.05) is 0 Å². The molecular weight excluding hydrogens is 174 g/mol. The highest BCUT2D eigenvalue weighted by atomic mass is 32.2. The highest BCUT2D eigenvalue weighted by Crippen LogP contribution is 2.09. The lowest BCUT2D eigenvalue weighted by molar-refractivity contribution is 0.560. The van der Waals surface area contributed by atoms with Gasteiger partial charge in [0.2, 0.25) is 0 Å². The van der Waals surface area contributed by atoms with E-state index < -0.39 is 9.84 Å².